The van der Waals surface area contributed by atoms with Crippen LogP contribution in [0.4, 0.5) is 5.69 Å². The summed E-state index contributed by atoms with van der Waals surface area (Å²) in [6, 6.07) is 8.09. The van der Waals surface area contributed by atoms with E-state index in [1.54, 1.807) is 24.3 Å². The first-order valence-corrected chi connectivity index (χ1v) is 10.7. The van der Waals surface area contributed by atoms with Crippen molar-refractivity contribution >= 4 is 39.2 Å². The second-order valence-electron chi connectivity index (χ2n) is 6.90. The molecular formula is C18H18ClN5O4S. The number of pyridine rings is 1. The number of rotatable bonds is 2. The maximum absolute atomic E-state index is 12.6. The number of guanidine groups is 1. The summed E-state index contributed by atoms with van der Waals surface area (Å²) in [5.74, 6) is -0.335. The van der Waals surface area contributed by atoms with Gasteiger partial charge in [0.1, 0.15) is 11.4 Å². The zero-order valence-electron chi connectivity index (χ0n) is 15.4. The van der Waals surface area contributed by atoms with Crippen molar-refractivity contribution in [1.82, 2.24) is 14.6 Å². The summed E-state index contributed by atoms with van der Waals surface area (Å²) in [6.07, 6.45) is 1.75. The van der Waals surface area contributed by atoms with Crippen LogP contribution in [0.1, 0.15) is 22.5 Å². The molecule has 1 amide bonds. The molecule has 1 saturated heterocycles. The van der Waals surface area contributed by atoms with Crippen LogP contribution in [0.3, 0.4) is 0 Å². The normalized spacial score (nSPS) is 22.4. The first-order valence-electron chi connectivity index (χ1n) is 8.74. The molecule has 1 spiro atoms. The van der Waals surface area contributed by atoms with Crippen LogP contribution in [0.2, 0.25) is 5.02 Å². The molecule has 0 saturated carbocycles. The topological polar surface area (TPSA) is 124 Å². The summed E-state index contributed by atoms with van der Waals surface area (Å²) in [4.78, 5) is 16.4. The quantitative estimate of drug-likeness (QED) is 0.660. The highest BCUT2D eigenvalue weighted by Gasteiger charge is 2.48. The average Bonchev–Trinajstić information content (AvgIpc) is 2.67. The number of sulfonamides is 1. The molecule has 0 radical (unpaired) electrons. The molecule has 0 unspecified atom stereocenters. The molecule has 3 N–H and O–H groups in total. The van der Waals surface area contributed by atoms with Gasteiger partial charge in [0, 0.05) is 30.9 Å². The van der Waals surface area contributed by atoms with Gasteiger partial charge in [-0.25, -0.2) is 17.7 Å². The summed E-state index contributed by atoms with van der Waals surface area (Å²) in [5.41, 5.74) is 0.224. The molecule has 2 aliphatic rings. The van der Waals surface area contributed by atoms with Gasteiger partial charge >= 0.3 is 0 Å². The van der Waals surface area contributed by atoms with Crippen molar-refractivity contribution in [2.45, 2.75) is 12.0 Å². The number of aromatic nitrogens is 1. The minimum atomic E-state index is -3.66. The van der Waals surface area contributed by atoms with E-state index in [-0.39, 0.29) is 17.4 Å². The number of fused-ring (bicyclic) bond motifs is 2. The van der Waals surface area contributed by atoms with Crippen molar-refractivity contribution in [1.29, 1.82) is 5.41 Å². The highest BCUT2D eigenvalue weighted by atomic mass is 35.5. The number of hydrogen-bond acceptors (Lipinski definition) is 6. The molecule has 11 heteroatoms. The summed E-state index contributed by atoms with van der Waals surface area (Å²) >= 11 is 5.80. The van der Waals surface area contributed by atoms with Gasteiger partial charge in [-0.05, 0) is 30.3 Å². The number of halogens is 1. The van der Waals surface area contributed by atoms with Gasteiger partial charge in [-0.2, -0.15) is 0 Å². The Morgan fingerprint density at radius 1 is 1.38 bits per heavy atom. The Kier molecular flexibility index (Phi) is 4.62. The zero-order valence-corrected chi connectivity index (χ0v) is 17.0. The Balaban J connectivity index is 1.68. The number of ether oxygens (including phenoxy) is 1. The summed E-state index contributed by atoms with van der Waals surface area (Å²) in [5, 5.41) is 14.2. The van der Waals surface area contributed by atoms with Crippen molar-refractivity contribution in [3.63, 3.8) is 0 Å². The van der Waals surface area contributed by atoms with E-state index in [2.05, 4.69) is 15.6 Å². The molecule has 29 heavy (non-hydrogen) atoms. The van der Waals surface area contributed by atoms with Gasteiger partial charge in [0.05, 0.1) is 22.9 Å². The minimum absolute atomic E-state index is 0.194. The molecule has 1 aromatic heterocycles. The van der Waals surface area contributed by atoms with E-state index in [4.69, 9.17) is 21.7 Å². The van der Waals surface area contributed by atoms with Gasteiger partial charge in [0.25, 0.3) is 5.91 Å². The van der Waals surface area contributed by atoms with Gasteiger partial charge in [0.2, 0.25) is 16.0 Å². The monoisotopic (exact) mass is 435 g/mol. The zero-order chi connectivity index (χ0) is 20.8. The molecule has 152 valence electrons. The summed E-state index contributed by atoms with van der Waals surface area (Å²) < 4.78 is 31.7. The fraction of sp³-hybridized carbons (Fsp3) is 0.278. The Hall–Kier alpha value is -2.85. The number of benzene rings is 1. The fourth-order valence-corrected chi connectivity index (χ4v) is 5.08. The van der Waals surface area contributed by atoms with E-state index in [1.165, 1.54) is 19.3 Å². The smallest absolute Gasteiger partial charge is 0.274 e. The molecule has 2 aliphatic heterocycles. The van der Waals surface area contributed by atoms with Crippen LogP contribution >= 0.6 is 11.6 Å². The second kappa shape index (κ2) is 6.89. The number of carbonyl (C=O) groups is 1. The van der Waals surface area contributed by atoms with Crippen molar-refractivity contribution in [3.8, 4) is 5.75 Å². The molecule has 0 aliphatic carbocycles. The van der Waals surface area contributed by atoms with Crippen molar-refractivity contribution < 1.29 is 17.9 Å². The second-order valence-corrected chi connectivity index (χ2v) is 9.34. The fourth-order valence-electron chi connectivity index (χ4n) is 3.45. The molecule has 1 atom stereocenters. The van der Waals surface area contributed by atoms with Crippen molar-refractivity contribution in [3.05, 3.63) is 52.8 Å². The first kappa shape index (κ1) is 19.5. The van der Waals surface area contributed by atoms with Crippen LogP contribution < -0.4 is 15.4 Å². The van der Waals surface area contributed by atoms with Crippen LogP contribution in [-0.2, 0) is 15.6 Å². The van der Waals surface area contributed by atoms with E-state index in [0.717, 1.165) is 4.31 Å². The van der Waals surface area contributed by atoms with Crippen LogP contribution in [0.5, 0.6) is 5.75 Å². The Bertz CT molecular complexity index is 1110. The highest BCUT2D eigenvalue weighted by Crippen LogP contribution is 2.41. The van der Waals surface area contributed by atoms with Gasteiger partial charge in [-0.15, -0.1) is 0 Å². The number of anilines is 1. The van der Waals surface area contributed by atoms with E-state index >= 15 is 0 Å². The third-order valence-corrected chi connectivity index (χ3v) is 7.12. The number of carbonyl (C=O) groups excluding carboxylic acids is 1. The first-order chi connectivity index (χ1) is 13.7. The van der Waals surface area contributed by atoms with Gasteiger partial charge in [-0.1, -0.05) is 11.6 Å². The Morgan fingerprint density at radius 2 is 2.17 bits per heavy atom. The molecule has 1 aromatic carbocycles. The van der Waals surface area contributed by atoms with Gasteiger partial charge < -0.3 is 15.4 Å². The Morgan fingerprint density at radius 3 is 2.86 bits per heavy atom. The lowest BCUT2D eigenvalue weighted by atomic mass is 9.85. The van der Waals surface area contributed by atoms with E-state index < -0.39 is 21.5 Å². The predicted octanol–water partition coefficient (Wildman–Crippen LogP) is 1.76. The number of amides is 1. The average molecular weight is 436 g/mol. The van der Waals surface area contributed by atoms with E-state index in [0.29, 0.717) is 35.1 Å². The molecule has 1 fully saturated rings. The number of nitrogens with zero attached hydrogens (tertiary/aromatic N) is 2. The minimum Gasteiger partial charge on any atom is -0.493 e. The van der Waals surface area contributed by atoms with Crippen LogP contribution in [0, 0.1) is 5.41 Å². The molecule has 9 nitrogen and oxygen atoms in total. The third-order valence-electron chi connectivity index (χ3n) is 5.02. The third kappa shape index (κ3) is 3.49. The lowest BCUT2D eigenvalue weighted by Crippen LogP contribution is -2.63. The lowest BCUT2D eigenvalue weighted by Gasteiger charge is -2.45. The van der Waals surface area contributed by atoms with Gasteiger partial charge in [-0.3, -0.25) is 10.2 Å². The maximum Gasteiger partial charge on any atom is 0.274 e. The standard InChI is InChI=1S/C18H18ClN5O4S/c1-24-17(20)23-18(10-29(24,26)27)6-7-28-15-5-3-12(8-13(15)18)22-16(25)14-4-2-11(19)9-21-14/h2-5,8-9H,6-7,10H2,1H3,(H2,20,23)(H,22,25)/t18-/m0/s1. The van der Waals surface area contributed by atoms with Gasteiger partial charge in [0.15, 0.2) is 0 Å². The van der Waals surface area contributed by atoms with Crippen LogP contribution in [0.15, 0.2) is 36.5 Å². The lowest BCUT2D eigenvalue weighted by molar-refractivity contribution is 0.102. The predicted molar refractivity (Wildman–Crippen MR) is 108 cm³/mol. The molecular weight excluding hydrogens is 418 g/mol. The highest BCUT2D eigenvalue weighted by molar-refractivity contribution is 7.89. The van der Waals surface area contributed by atoms with E-state index in [1.807, 2.05) is 0 Å². The molecule has 0 bridgehead atoms. The van der Waals surface area contributed by atoms with Crippen molar-refractivity contribution in [2.75, 3.05) is 24.7 Å². The molecule has 3 heterocycles. The summed E-state index contributed by atoms with van der Waals surface area (Å²) in [7, 11) is -2.32. The van der Waals surface area contributed by atoms with E-state index in [9.17, 15) is 13.2 Å². The summed E-state index contributed by atoms with van der Waals surface area (Å²) in [6.45, 7) is 0.312. The largest absolute Gasteiger partial charge is 0.493 e. The maximum atomic E-state index is 12.6. The molecule has 2 aromatic rings. The number of hydrogen-bond donors (Lipinski definition) is 3. The Labute approximate surface area is 172 Å². The van der Waals surface area contributed by atoms with Crippen LogP contribution in [0.25, 0.3) is 0 Å². The SMILES string of the molecule is CN1C(=N)N[C@@]2(CCOc3ccc(NC(=O)c4ccc(Cl)cn4)cc32)CS1(=O)=O. The molecule has 4 rings (SSSR count). The van der Waals surface area contributed by atoms with Crippen LogP contribution in [-0.4, -0.2) is 49.0 Å². The van der Waals surface area contributed by atoms with Crippen molar-refractivity contribution in [2.24, 2.45) is 0 Å². The number of nitrogens with one attached hydrogen (secondary N) is 3.